The summed E-state index contributed by atoms with van der Waals surface area (Å²) in [6.45, 7) is 0. The Hall–Kier alpha value is -0.970. The van der Waals surface area contributed by atoms with E-state index in [1.807, 2.05) is 0 Å². The molecule has 0 fully saturated rings. The third-order valence-corrected chi connectivity index (χ3v) is 2.89. The molecule has 0 N–H and O–H groups in total. The minimum Gasteiger partial charge on any atom is -0.469 e. The fraction of sp³-hybridized carbons (Fsp3) is 0.417. The monoisotopic (exact) mass is 306 g/mol. The summed E-state index contributed by atoms with van der Waals surface area (Å²) in [5.74, 6) is -3.37. The second-order valence-electron chi connectivity index (χ2n) is 3.64. The number of ether oxygens (including phenoxy) is 1. The van der Waals surface area contributed by atoms with Crippen molar-refractivity contribution in [3.05, 3.63) is 34.3 Å². The Labute approximate surface area is 107 Å². The molecule has 2 nitrogen and oxygen atoms in total. The number of carbonyl (C=O) groups is 1. The smallest absolute Gasteiger partial charge is 0.305 e. The third kappa shape index (κ3) is 4.42. The van der Waals surface area contributed by atoms with Crippen molar-refractivity contribution in [3.8, 4) is 0 Å². The van der Waals surface area contributed by atoms with Crippen LogP contribution in [0, 0.1) is 0 Å². The summed E-state index contributed by atoms with van der Waals surface area (Å²) in [7, 11) is 1.25. The molecular formula is C12H13BrF2O2. The minimum atomic E-state index is -2.91. The van der Waals surface area contributed by atoms with Crippen molar-refractivity contribution in [2.45, 2.75) is 25.2 Å². The molecular weight excluding hydrogens is 294 g/mol. The van der Waals surface area contributed by atoms with Gasteiger partial charge in [-0.25, -0.2) is 8.78 Å². The standard InChI is InChI=1S/C12H13BrF2O2/c1-17-11(16)3-2-8-12(14,15)9-4-6-10(13)7-5-9/h4-7H,2-3,8H2,1H3. The van der Waals surface area contributed by atoms with E-state index >= 15 is 0 Å². The summed E-state index contributed by atoms with van der Waals surface area (Å²) in [6, 6.07) is 5.90. The Morgan fingerprint density at radius 2 is 1.94 bits per heavy atom. The van der Waals surface area contributed by atoms with Crippen molar-refractivity contribution in [1.29, 1.82) is 0 Å². The highest BCUT2D eigenvalue weighted by molar-refractivity contribution is 9.10. The molecule has 0 aliphatic heterocycles. The summed E-state index contributed by atoms with van der Waals surface area (Å²) in [6.07, 6.45) is -0.234. The summed E-state index contributed by atoms with van der Waals surface area (Å²) in [4.78, 5) is 10.8. The molecule has 0 aliphatic carbocycles. The fourth-order valence-electron chi connectivity index (χ4n) is 1.39. The van der Waals surface area contributed by atoms with Gasteiger partial charge in [0, 0.05) is 22.9 Å². The average molecular weight is 307 g/mol. The molecule has 0 saturated carbocycles. The Bertz CT molecular complexity index is 377. The molecule has 1 rings (SSSR count). The molecule has 0 saturated heterocycles. The van der Waals surface area contributed by atoms with Crippen molar-refractivity contribution in [2.24, 2.45) is 0 Å². The van der Waals surface area contributed by atoms with E-state index in [1.54, 1.807) is 12.1 Å². The molecule has 5 heteroatoms. The summed E-state index contributed by atoms with van der Waals surface area (Å²) in [5, 5.41) is 0. The van der Waals surface area contributed by atoms with Crippen LogP contribution in [0.1, 0.15) is 24.8 Å². The van der Waals surface area contributed by atoms with Crippen molar-refractivity contribution in [3.63, 3.8) is 0 Å². The molecule has 0 aliphatic rings. The van der Waals surface area contributed by atoms with Crippen molar-refractivity contribution >= 4 is 21.9 Å². The second-order valence-corrected chi connectivity index (χ2v) is 4.56. The topological polar surface area (TPSA) is 26.3 Å². The highest BCUT2D eigenvalue weighted by Gasteiger charge is 2.30. The van der Waals surface area contributed by atoms with Crippen molar-refractivity contribution < 1.29 is 18.3 Å². The van der Waals surface area contributed by atoms with Gasteiger partial charge < -0.3 is 4.74 Å². The average Bonchev–Trinajstić information content (AvgIpc) is 2.29. The molecule has 94 valence electrons. The van der Waals surface area contributed by atoms with E-state index in [1.165, 1.54) is 19.2 Å². The van der Waals surface area contributed by atoms with E-state index in [9.17, 15) is 13.6 Å². The van der Waals surface area contributed by atoms with Crippen LogP contribution in [0.3, 0.4) is 0 Å². The quantitative estimate of drug-likeness (QED) is 0.772. The van der Waals surface area contributed by atoms with Crippen molar-refractivity contribution in [2.75, 3.05) is 7.11 Å². The first-order chi connectivity index (χ1) is 7.95. The van der Waals surface area contributed by atoms with Crippen LogP contribution in [0.4, 0.5) is 8.78 Å². The van der Waals surface area contributed by atoms with E-state index in [-0.39, 0.29) is 24.8 Å². The van der Waals surface area contributed by atoms with Gasteiger partial charge >= 0.3 is 5.97 Å². The van der Waals surface area contributed by atoms with Gasteiger partial charge in [0.25, 0.3) is 5.92 Å². The summed E-state index contributed by atoms with van der Waals surface area (Å²) >= 11 is 3.19. The lowest BCUT2D eigenvalue weighted by Gasteiger charge is -2.16. The van der Waals surface area contributed by atoms with E-state index < -0.39 is 11.9 Å². The molecule has 0 amide bonds. The molecule has 0 unspecified atom stereocenters. The van der Waals surface area contributed by atoms with Gasteiger partial charge in [-0.2, -0.15) is 0 Å². The zero-order chi connectivity index (χ0) is 12.9. The third-order valence-electron chi connectivity index (χ3n) is 2.37. The van der Waals surface area contributed by atoms with E-state index in [4.69, 9.17) is 0 Å². The van der Waals surface area contributed by atoms with Gasteiger partial charge in [0.05, 0.1) is 7.11 Å². The highest BCUT2D eigenvalue weighted by Crippen LogP contribution is 2.33. The van der Waals surface area contributed by atoms with E-state index in [0.29, 0.717) is 0 Å². The molecule has 0 aromatic heterocycles. The van der Waals surface area contributed by atoms with Gasteiger partial charge in [0.1, 0.15) is 0 Å². The maximum absolute atomic E-state index is 13.7. The number of carbonyl (C=O) groups excluding carboxylic acids is 1. The molecule has 1 aromatic rings. The Balaban J connectivity index is 2.56. The number of benzene rings is 1. The SMILES string of the molecule is COC(=O)CCCC(F)(F)c1ccc(Br)cc1. The first-order valence-corrected chi connectivity index (χ1v) is 5.95. The zero-order valence-corrected chi connectivity index (χ0v) is 11.0. The van der Waals surface area contributed by atoms with E-state index in [0.717, 1.165) is 4.47 Å². The molecule has 0 bridgehead atoms. The lowest BCUT2D eigenvalue weighted by Crippen LogP contribution is -2.14. The number of methoxy groups -OCH3 is 1. The lowest BCUT2D eigenvalue weighted by molar-refractivity contribution is -0.141. The van der Waals surface area contributed by atoms with Gasteiger partial charge in [-0.05, 0) is 18.6 Å². The van der Waals surface area contributed by atoms with Crippen LogP contribution in [0.5, 0.6) is 0 Å². The Kier molecular flexibility index (Phi) is 5.05. The summed E-state index contributed by atoms with van der Waals surface area (Å²) in [5.41, 5.74) is -0.0365. The van der Waals surface area contributed by atoms with Crippen LogP contribution < -0.4 is 0 Å². The number of hydrogen-bond acceptors (Lipinski definition) is 2. The van der Waals surface area contributed by atoms with Crippen LogP contribution in [-0.2, 0) is 15.5 Å². The van der Waals surface area contributed by atoms with Gasteiger partial charge in [-0.3, -0.25) is 4.79 Å². The predicted molar refractivity (Wildman–Crippen MR) is 63.9 cm³/mol. The Morgan fingerprint density at radius 3 is 2.47 bits per heavy atom. The number of halogens is 3. The molecule has 0 radical (unpaired) electrons. The molecule has 0 spiro atoms. The van der Waals surface area contributed by atoms with E-state index in [2.05, 4.69) is 20.7 Å². The first-order valence-electron chi connectivity index (χ1n) is 5.16. The van der Waals surface area contributed by atoms with Crippen LogP contribution in [-0.4, -0.2) is 13.1 Å². The maximum atomic E-state index is 13.7. The zero-order valence-electron chi connectivity index (χ0n) is 9.38. The van der Waals surface area contributed by atoms with Gasteiger partial charge in [-0.1, -0.05) is 28.1 Å². The normalized spacial score (nSPS) is 11.3. The molecule has 1 aromatic carbocycles. The van der Waals surface area contributed by atoms with Gasteiger partial charge in [-0.15, -0.1) is 0 Å². The second kappa shape index (κ2) is 6.10. The molecule has 17 heavy (non-hydrogen) atoms. The van der Waals surface area contributed by atoms with Crippen molar-refractivity contribution in [1.82, 2.24) is 0 Å². The fourth-order valence-corrected chi connectivity index (χ4v) is 1.66. The first kappa shape index (κ1) is 14.1. The highest BCUT2D eigenvalue weighted by atomic mass is 79.9. The molecule has 0 heterocycles. The number of esters is 1. The lowest BCUT2D eigenvalue weighted by atomic mass is 10.0. The minimum absolute atomic E-state index is 0.0165. The number of alkyl halides is 2. The van der Waals surface area contributed by atoms with Crippen LogP contribution in [0.2, 0.25) is 0 Å². The molecule has 0 atom stereocenters. The Morgan fingerprint density at radius 1 is 1.35 bits per heavy atom. The van der Waals surface area contributed by atoms with Gasteiger partial charge in [0.2, 0.25) is 0 Å². The maximum Gasteiger partial charge on any atom is 0.305 e. The largest absolute Gasteiger partial charge is 0.469 e. The van der Waals surface area contributed by atoms with Crippen LogP contribution in [0.15, 0.2) is 28.7 Å². The van der Waals surface area contributed by atoms with Gasteiger partial charge in [0.15, 0.2) is 0 Å². The predicted octanol–water partition coefficient (Wildman–Crippen LogP) is 3.88. The van der Waals surface area contributed by atoms with Crippen LogP contribution in [0.25, 0.3) is 0 Å². The number of hydrogen-bond donors (Lipinski definition) is 0. The van der Waals surface area contributed by atoms with Crippen LogP contribution >= 0.6 is 15.9 Å². The summed E-state index contributed by atoms with van der Waals surface area (Å²) < 4.78 is 32.5. The number of rotatable bonds is 5.